The number of rotatable bonds is 2. The van der Waals surface area contributed by atoms with Gasteiger partial charge in [0.15, 0.2) is 0 Å². The number of hydrogen-bond acceptors (Lipinski definition) is 3. The van der Waals surface area contributed by atoms with Gasteiger partial charge in [-0.3, -0.25) is 13.9 Å². The van der Waals surface area contributed by atoms with Crippen LogP contribution in [0.2, 0.25) is 0 Å². The molecule has 4 aromatic rings. The second-order valence-electron chi connectivity index (χ2n) is 7.99. The Hall–Kier alpha value is -3.45. The smallest absolute Gasteiger partial charge is 0.331 e. The minimum atomic E-state index is -0.520. The SMILES string of the molecule is Cc1cccc(-c2c3c(=O)n(C)c(=O)n(C)c3c3n2CCOC3c2ccc(F)cc2)c1. The summed E-state index contributed by atoms with van der Waals surface area (Å²) in [6.45, 7) is 2.98. The Morgan fingerprint density at radius 1 is 1.03 bits per heavy atom. The Morgan fingerprint density at radius 2 is 1.77 bits per heavy atom. The lowest BCUT2D eigenvalue weighted by molar-refractivity contribution is 0.0478. The maximum atomic E-state index is 13.5. The van der Waals surface area contributed by atoms with Crippen molar-refractivity contribution in [2.45, 2.75) is 19.6 Å². The van der Waals surface area contributed by atoms with Gasteiger partial charge in [-0.15, -0.1) is 0 Å². The maximum absolute atomic E-state index is 13.5. The Balaban J connectivity index is 1.94. The molecular formula is C24H22FN3O3. The van der Waals surface area contributed by atoms with E-state index in [1.54, 1.807) is 19.2 Å². The van der Waals surface area contributed by atoms with Gasteiger partial charge in [0.05, 0.1) is 28.9 Å². The molecule has 1 atom stereocenters. The largest absolute Gasteiger partial charge is 0.365 e. The van der Waals surface area contributed by atoms with Crippen LogP contribution in [0.15, 0.2) is 58.1 Å². The van der Waals surface area contributed by atoms with Crippen molar-refractivity contribution in [3.8, 4) is 11.3 Å². The number of aryl methyl sites for hydroxylation is 2. The third-order valence-electron chi connectivity index (χ3n) is 6.02. The molecule has 1 aliphatic heterocycles. The summed E-state index contributed by atoms with van der Waals surface area (Å²) >= 11 is 0. The molecule has 2 aromatic heterocycles. The van der Waals surface area contributed by atoms with Crippen molar-refractivity contribution in [1.82, 2.24) is 13.7 Å². The lowest BCUT2D eigenvalue weighted by Gasteiger charge is -2.27. The van der Waals surface area contributed by atoms with Crippen molar-refractivity contribution in [2.75, 3.05) is 6.61 Å². The summed E-state index contributed by atoms with van der Waals surface area (Å²) in [7, 11) is 3.16. The zero-order valence-electron chi connectivity index (χ0n) is 17.6. The van der Waals surface area contributed by atoms with Crippen molar-refractivity contribution in [3.05, 3.63) is 92.0 Å². The Morgan fingerprint density at radius 3 is 2.48 bits per heavy atom. The van der Waals surface area contributed by atoms with Crippen LogP contribution in [0.25, 0.3) is 22.2 Å². The van der Waals surface area contributed by atoms with E-state index < -0.39 is 11.8 Å². The molecule has 0 N–H and O–H groups in total. The fourth-order valence-electron chi connectivity index (χ4n) is 4.56. The van der Waals surface area contributed by atoms with E-state index in [4.69, 9.17) is 4.74 Å². The average Bonchev–Trinajstić information content (AvgIpc) is 3.12. The van der Waals surface area contributed by atoms with E-state index in [1.807, 2.05) is 31.2 Å². The third kappa shape index (κ3) is 2.88. The number of hydrogen-bond donors (Lipinski definition) is 0. The highest BCUT2D eigenvalue weighted by atomic mass is 19.1. The first-order valence-electron chi connectivity index (χ1n) is 10.1. The van der Waals surface area contributed by atoms with Gasteiger partial charge < -0.3 is 9.30 Å². The van der Waals surface area contributed by atoms with Gasteiger partial charge in [0.1, 0.15) is 11.9 Å². The molecule has 1 unspecified atom stereocenters. The van der Waals surface area contributed by atoms with Crippen molar-refractivity contribution >= 4 is 10.9 Å². The number of halogens is 1. The van der Waals surface area contributed by atoms with Crippen LogP contribution in [0.3, 0.4) is 0 Å². The summed E-state index contributed by atoms with van der Waals surface area (Å²) in [5.41, 5.74) is 4.09. The molecule has 0 amide bonds. The zero-order valence-corrected chi connectivity index (χ0v) is 17.6. The first-order valence-corrected chi connectivity index (χ1v) is 10.1. The van der Waals surface area contributed by atoms with Crippen molar-refractivity contribution in [2.24, 2.45) is 14.1 Å². The number of aromatic nitrogens is 3. The van der Waals surface area contributed by atoms with Gasteiger partial charge in [-0.2, -0.15) is 0 Å². The van der Waals surface area contributed by atoms with E-state index in [9.17, 15) is 14.0 Å². The fraction of sp³-hybridized carbons (Fsp3) is 0.250. The van der Waals surface area contributed by atoms with Crippen LogP contribution in [0.1, 0.15) is 22.9 Å². The molecule has 0 radical (unpaired) electrons. The van der Waals surface area contributed by atoms with Crippen LogP contribution in [0, 0.1) is 12.7 Å². The highest BCUT2D eigenvalue weighted by molar-refractivity contribution is 5.96. The average molecular weight is 419 g/mol. The molecule has 6 nitrogen and oxygen atoms in total. The highest BCUT2D eigenvalue weighted by Crippen LogP contribution is 2.40. The van der Waals surface area contributed by atoms with Crippen molar-refractivity contribution < 1.29 is 9.13 Å². The Bertz CT molecular complexity index is 1440. The summed E-state index contributed by atoms with van der Waals surface area (Å²) in [6, 6.07) is 14.1. The van der Waals surface area contributed by atoms with Crippen LogP contribution in [0.5, 0.6) is 0 Å². The second kappa shape index (κ2) is 7.06. The highest BCUT2D eigenvalue weighted by Gasteiger charge is 2.33. The van der Waals surface area contributed by atoms with Gasteiger partial charge in [0.2, 0.25) is 0 Å². The molecule has 3 heterocycles. The van der Waals surface area contributed by atoms with E-state index in [0.29, 0.717) is 24.1 Å². The lowest BCUT2D eigenvalue weighted by atomic mass is 10.0. The summed E-state index contributed by atoms with van der Waals surface area (Å²) in [6.07, 6.45) is -0.520. The van der Waals surface area contributed by atoms with Crippen molar-refractivity contribution in [3.63, 3.8) is 0 Å². The molecule has 0 saturated carbocycles. The fourth-order valence-corrected chi connectivity index (χ4v) is 4.56. The molecular weight excluding hydrogens is 397 g/mol. The molecule has 0 bridgehead atoms. The topological polar surface area (TPSA) is 58.2 Å². The first kappa shape index (κ1) is 19.5. The number of benzene rings is 2. The first-order chi connectivity index (χ1) is 14.9. The van der Waals surface area contributed by atoms with Gasteiger partial charge in [-0.05, 0) is 36.2 Å². The normalized spacial score (nSPS) is 15.9. The number of ether oxygens (including phenoxy) is 1. The summed E-state index contributed by atoms with van der Waals surface area (Å²) in [4.78, 5) is 26.1. The Kier molecular flexibility index (Phi) is 4.44. The summed E-state index contributed by atoms with van der Waals surface area (Å²) in [5, 5.41) is 0.489. The van der Waals surface area contributed by atoms with E-state index in [1.165, 1.54) is 23.7 Å². The van der Waals surface area contributed by atoms with Gasteiger partial charge in [-0.1, -0.05) is 35.9 Å². The van der Waals surface area contributed by atoms with Gasteiger partial charge in [0.25, 0.3) is 5.56 Å². The number of fused-ring (bicyclic) bond motifs is 3. The van der Waals surface area contributed by atoms with Crippen LogP contribution in [-0.4, -0.2) is 20.3 Å². The summed E-state index contributed by atoms with van der Waals surface area (Å²) < 4.78 is 24.4. The molecule has 5 rings (SSSR count). The second-order valence-corrected chi connectivity index (χ2v) is 7.99. The van der Waals surface area contributed by atoms with E-state index in [2.05, 4.69) is 4.57 Å². The third-order valence-corrected chi connectivity index (χ3v) is 6.02. The lowest BCUT2D eigenvalue weighted by Crippen LogP contribution is -2.37. The maximum Gasteiger partial charge on any atom is 0.331 e. The van der Waals surface area contributed by atoms with Gasteiger partial charge in [0, 0.05) is 20.6 Å². The molecule has 7 heteroatoms. The van der Waals surface area contributed by atoms with E-state index in [0.717, 1.165) is 32.6 Å². The van der Waals surface area contributed by atoms with Crippen LogP contribution in [0.4, 0.5) is 4.39 Å². The molecule has 0 aliphatic carbocycles. The summed E-state index contributed by atoms with van der Waals surface area (Å²) in [5.74, 6) is -0.332. The minimum absolute atomic E-state index is 0.332. The zero-order chi connectivity index (χ0) is 21.9. The molecule has 2 aromatic carbocycles. The predicted molar refractivity (Wildman–Crippen MR) is 117 cm³/mol. The van der Waals surface area contributed by atoms with Crippen molar-refractivity contribution in [1.29, 1.82) is 0 Å². The molecule has 0 saturated heterocycles. The van der Waals surface area contributed by atoms with E-state index >= 15 is 0 Å². The molecule has 0 spiro atoms. The van der Waals surface area contributed by atoms with Gasteiger partial charge in [-0.25, -0.2) is 9.18 Å². The standard InChI is InChI=1S/C24H22FN3O3/c1-14-5-4-6-16(13-14)19-18-20(26(2)24(30)27(3)23(18)29)21-22(31-12-11-28(19)21)15-7-9-17(25)10-8-15/h4-10,13,22H,11-12H2,1-3H3. The molecule has 31 heavy (non-hydrogen) atoms. The Labute approximate surface area is 177 Å². The van der Waals surface area contributed by atoms with Crippen LogP contribution in [-0.2, 0) is 25.4 Å². The minimum Gasteiger partial charge on any atom is -0.365 e. The van der Waals surface area contributed by atoms with Gasteiger partial charge >= 0.3 is 5.69 Å². The molecule has 158 valence electrons. The van der Waals surface area contributed by atoms with Crippen LogP contribution >= 0.6 is 0 Å². The quantitative estimate of drug-likeness (QED) is 0.501. The molecule has 0 fully saturated rings. The number of nitrogens with zero attached hydrogens (tertiary/aromatic N) is 3. The van der Waals surface area contributed by atoms with Crippen LogP contribution < -0.4 is 11.2 Å². The molecule has 1 aliphatic rings. The van der Waals surface area contributed by atoms with E-state index in [-0.39, 0.29) is 11.4 Å². The monoisotopic (exact) mass is 419 g/mol. The predicted octanol–water partition coefficient (Wildman–Crippen LogP) is 3.27.